The van der Waals surface area contributed by atoms with Gasteiger partial charge in [-0.3, -0.25) is 0 Å². The number of halogens is 1. The van der Waals surface area contributed by atoms with E-state index in [1.807, 2.05) is 0 Å². The van der Waals surface area contributed by atoms with Crippen LogP contribution < -0.4 is 0 Å². The molecule has 0 radical (unpaired) electrons. The Hall–Kier alpha value is -0.133. The number of rotatable bonds is 5. The van der Waals surface area contributed by atoms with Crippen molar-refractivity contribution in [3.63, 3.8) is 0 Å². The van der Waals surface area contributed by atoms with Gasteiger partial charge in [0.2, 0.25) is 0 Å². The molecule has 0 saturated heterocycles. The topological polar surface area (TPSA) is 9.23 Å². The van der Waals surface area contributed by atoms with Crippen molar-refractivity contribution in [2.45, 2.75) is 57.8 Å². The summed E-state index contributed by atoms with van der Waals surface area (Å²) in [5.41, 5.74) is 1.42. The number of benzene rings is 1. The van der Waals surface area contributed by atoms with E-state index in [0.717, 1.165) is 6.42 Å². The third-order valence-corrected chi connectivity index (χ3v) is 10.5. The fraction of sp³-hybridized carbons (Fsp3) is 0.556. The highest BCUT2D eigenvalue weighted by Crippen LogP contribution is 2.40. The fourth-order valence-corrected chi connectivity index (χ4v) is 4.26. The minimum atomic E-state index is -1.72. The van der Waals surface area contributed by atoms with Crippen LogP contribution in [0.3, 0.4) is 0 Å². The first-order valence-corrected chi connectivity index (χ1v) is 11.8. The Kier molecular flexibility index (Phi) is 5.37. The molecule has 21 heavy (non-hydrogen) atoms. The zero-order valence-corrected chi connectivity index (χ0v) is 17.0. The first-order chi connectivity index (χ1) is 9.71. The second-order valence-electron chi connectivity index (χ2n) is 7.54. The number of hydrogen-bond donors (Lipinski definition) is 0. The van der Waals surface area contributed by atoms with Gasteiger partial charge in [0.1, 0.15) is 0 Å². The van der Waals surface area contributed by atoms with Crippen molar-refractivity contribution in [3.8, 4) is 0 Å². The molecule has 0 amide bonds. The van der Waals surface area contributed by atoms with E-state index >= 15 is 0 Å². The molecule has 0 spiro atoms. The molecule has 1 aromatic rings. The third kappa shape index (κ3) is 4.20. The Balaban J connectivity index is 2.16. The van der Waals surface area contributed by atoms with E-state index in [-0.39, 0.29) is 5.04 Å². The largest absolute Gasteiger partial charge is 0.413 e. The summed E-state index contributed by atoms with van der Waals surface area (Å²) in [5, 5.41) is 0.266. The zero-order chi connectivity index (χ0) is 15.7. The van der Waals surface area contributed by atoms with Crippen LogP contribution >= 0.6 is 22.6 Å². The molecule has 2 atom stereocenters. The quantitative estimate of drug-likeness (QED) is 0.336. The van der Waals surface area contributed by atoms with Gasteiger partial charge >= 0.3 is 0 Å². The van der Waals surface area contributed by atoms with Crippen molar-refractivity contribution in [1.82, 2.24) is 0 Å². The molecule has 0 saturated carbocycles. The Bertz CT molecular complexity index is 516. The summed E-state index contributed by atoms with van der Waals surface area (Å²) in [6.45, 7) is 11.7. The summed E-state index contributed by atoms with van der Waals surface area (Å²) in [4.78, 5) is 0. The van der Waals surface area contributed by atoms with Crippen LogP contribution in [0.25, 0.3) is 0 Å². The average molecular weight is 414 g/mol. The van der Waals surface area contributed by atoms with E-state index in [1.165, 1.54) is 15.6 Å². The molecule has 2 rings (SSSR count). The molecule has 0 unspecified atom stereocenters. The Morgan fingerprint density at radius 1 is 1.29 bits per heavy atom. The van der Waals surface area contributed by atoms with Crippen LogP contribution in [0.5, 0.6) is 0 Å². The summed E-state index contributed by atoms with van der Waals surface area (Å²) in [6, 6.07) is 8.68. The molecule has 0 fully saturated rings. The van der Waals surface area contributed by atoms with Crippen LogP contribution in [0.1, 0.15) is 32.8 Å². The second kappa shape index (κ2) is 6.55. The molecule has 1 aromatic carbocycles. The van der Waals surface area contributed by atoms with Gasteiger partial charge in [-0.25, -0.2) is 0 Å². The molecule has 1 aliphatic carbocycles. The molecular weight excluding hydrogens is 387 g/mol. The van der Waals surface area contributed by atoms with E-state index in [2.05, 4.69) is 92.9 Å². The summed E-state index contributed by atoms with van der Waals surface area (Å²) < 4.78 is 8.10. The van der Waals surface area contributed by atoms with Crippen molar-refractivity contribution in [2.24, 2.45) is 5.92 Å². The van der Waals surface area contributed by atoms with E-state index in [4.69, 9.17) is 4.43 Å². The lowest BCUT2D eigenvalue weighted by Crippen LogP contribution is -2.46. The van der Waals surface area contributed by atoms with Crippen LogP contribution in [0, 0.1) is 9.49 Å². The van der Waals surface area contributed by atoms with E-state index in [0.29, 0.717) is 12.0 Å². The van der Waals surface area contributed by atoms with Gasteiger partial charge < -0.3 is 4.43 Å². The molecule has 0 aliphatic heterocycles. The van der Waals surface area contributed by atoms with Gasteiger partial charge in [-0.1, -0.05) is 51.1 Å². The van der Waals surface area contributed by atoms with E-state index in [1.54, 1.807) is 0 Å². The van der Waals surface area contributed by atoms with Crippen LogP contribution in [-0.2, 0) is 10.8 Å². The van der Waals surface area contributed by atoms with Gasteiger partial charge in [-0.15, -0.1) is 0 Å². The minimum Gasteiger partial charge on any atom is -0.413 e. The SMILES string of the molecule is CC(C)(C)[Si](C)(C)O[C@H](Cc1ccccc1I)[C@@H]1C=CC1. The van der Waals surface area contributed by atoms with Crippen LogP contribution in [0.4, 0.5) is 0 Å². The fourth-order valence-electron chi connectivity index (χ4n) is 2.29. The monoisotopic (exact) mass is 414 g/mol. The third-order valence-electron chi connectivity index (χ3n) is 4.90. The number of hydrogen-bond acceptors (Lipinski definition) is 1. The minimum absolute atomic E-state index is 0.266. The van der Waals surface area contributed by atoms with Crippen LogP contribution in [-0.4, -0.2) is 14.4 Å². The first-order valence-electron chi connectivity index (χ1n) is 7.78. The van der Waals surface area contributed by atoms with E-state index < -0.39 is 8.32 Å². The molecule has 0 N–H and O–H groups in total. The van der Waals surface area contributed by atoms with Crippen molar-refractivity contribution in [1.29, 1.82) is 0 Å². The molecule has 1 aliphatic rings. The zero-order valence-electron chi connectivity index (χ0n) is 13.8. The summed E-state index contributed by atoms with van der Waals surface area (Å²) in [5.74, 6) is 0.593. The molecule has 1 nitrogen and oxygen atoms in total. The molecule has 3 heteroatoms. The number of allylic oxidation sites excluding steroid dienone is 1. The lowest BCUT2D eigenvalue weighted by Gasteiger charge is -2.42. The molecule has 0 heterocycles. The second-order valence-corrected chi connectivity index (χ2v) is 13.5. The summed E-state index contributed by atoms with van der Waals surface area (Å²) >= 11 is 2.44. The highest BCUT2D eigenvalue weighted by molar-refractivity contribution is 14.1. The van der Waals surface area contributed by atoms with Crippen molar-refractivity contribution in [3.05, 3.63) is 45.6 Å². The maximum Gasteiger partial charge on any atom is 0.192 e. The maximum absolute atomic E-state index is 6.75. The highest BCUT2D eigenvalue weighted by Gasteiger charge is 2.40. The lowest BCUT2D eigenvalue weighted by atomic mass is 9.86. The molecule has 0 bridgehead atoms. The van der Waals surface area contributed by atoms with Gasteiger partial charge in [0.25, 0.3) is 0 Å². The average Bonchev–Trinajstić information content (AvgIpc) is 2.27. The maximum atomic E-state index is 6.75. The van der Waals surface area contributed by atoms with Gasteiger partial charge in [0.15, 0.2) is 8.32 Å². The normalized spacial score (nSPS) is 20.2. The van der Waals surface area contributed by atoms with Gasteiger partial charge in [0, 0.05) is 9.49 Å². The van der Waals surface area contributed by atoms with Gasteiger partial charge in [-0.05, 0) is 65.2 Å². The Morgan fingerprint density at radius 2 is 1.90 bits per heavy atom. The van der Waals surface area contributed by atoms with Crippen LogP contribution in [0.2, 0.25) is 18.1 Å². The molecular formula is C18H27IOSi. The Morgan fingerprint density at radius 3 is 2.38 bits per heavy atom. The Labute approximate surface area is 144 Å². The first kappa shape index (κ1) is 17.2. The molecule has 0 aromatic heterocycles. The van der Waals surface area contributed by atoms with Crippen molar-refractivity contribution >= 4 is 30.9 Å². The summed E-state index contributed by atoms with van der Waals surface area (Å²) in [7, 11) is -1.72. The predicted molar refractivity (Wildman–Crippen MR) is 102 cm³/mol. The van der Waals surface area contributed by atoms with Crippen molar-refractivity contribution in [2.75, 3.05) is 0 Å². The van der Waals surface area contributed by atoms with Gasteiger partial charge in [0.05, 0.1) is 6.10 Å². The van der Waals surface area contributed by atoms with Gasteiger partial charge in [-0.2, -0.15) is 0 Å². The van der Waals surface area contributed by atoms with Crippen molar-refractivity contribution < 1.29 is 4.43 Å². The predicted octanol–water partition coefficient (Wildman–Crippen LogP) is 5.80. The van der Waals surface area contributed by atoms with Crippen LogP contribution in [0.15, 0.2) is 36.4 Å². The smallest absolute Gasteiger partial charge is 0.192 e. The van der Waals surface area contributed by atoms with E-state index in [9.17, 15) is 0 Å². The molecule has 116 valence electrons. The summed E-state index contributed by atoms with van der Waals surface area (Å²) in [6.07, 6.45) is 7.12. The highest BCUT2D eigenvalue weighted by atomic mass is 127. The standard InChI is InChI=1S/C18H27IOSi/c1-18(2,3)21(4,5)20-17(14-10-8-11-14)13-15-9-6-7-12-16(15)19/h6-10,12,14,17H,11,13H2,1-5H3/t14-,17-/m1/s1. The lowest BCUT2D eigenvalue weighted by molar-refractivity contribution is 0.132.